The molecule has 1 heterocycles. The lowest BCUT2D eigenvalue weighted by Crippen LogP contribution is -2.31. The van der Waals surface area contributed by atoms with Crippen molar-refractivity contribution < 1.29 is 0 Å². The highest BCUT2D eigenvalue weighted by Crippen LogP contribution is 2.19. The maximum Gasteiger partial charge on any atom is 0.0237 e. The highest BCUT2D eigenvalue weighted by atomic mass is 15.2. The largest absolute Gasteiger partial charge is 0.303 e. The Hall–Kier alpha value is -1.64. The molecule has 0 aromatic heterocycles. The fraction of sp³-hybridized carbons (Fsp3) is 0.429. The van der Waals surface area contributed by atoms with Crippen LogP contribution < -0.4 is 0 Å². The van der Waals surface area contributed by atoms with E-state index in [1.165, 1.54) is 43.5 Å². The van der Waals surface area contributed by atoms with Crippen molar-refractivity contribution in [3.8, 4) is 0 Å². The van der Waals surface area contributed by atoms with Gasteiger partial charge in [-0.15, -0.1) is 0 Å². The Bertz CT molecular complexity index is 525. The van der Waals surface area contributed by atoms with Gasteiger partial charge in [-0.25, -0.2) is 0 Å². The average Bonchev–Trinajstić information content (AvgIpc) is 3.00. The fourth-order valence-corrected chi connectivity index (χ4v) is 3.57. The summed E-state index contributed by atoms with van der Waals surface area (Å²) < 4.78 is 0. The molecule has 0 bridgehead atoms. The van der Waals surface area contributed by atoms with E-state index in [-0.39, 0.29) is 0 Å². The van der Waals surface area contributed by atoms with Crippen LogP contribution in [0.5, 0.6) is 0 Å². The summed E-state index contributed by atoms with van der Waals surface area (Å²) in [6.45, 7) is 4.50. The normalized spacial score (nSPS) is 18.6. The van der Waals surface area contributed by atoms with E-state index in [1.54, 1.807) is 0 Å². The molecular formula is C21H28N2. The standard InChI is InChI=1S/C21H28N2/c1-22-15-8-13-21(22)14-16-23(17-19-9-4-2-5-10-19)18-20-11-6-3-7-12-20/h2-7,9-12,21H,8,13-18H2,1H3. The van der Waals surface area contributed by atoms with E-state index in [2.05, 4.69) is 77.5 Å². The zero-order valence-corrected chi connectivity index (χ0v) is 14.2. The van der Waals surface area contributed by atoms with E-state index in [9.17, 15) is 0 Å². The van der Waals surface area contributed by atoms with E-state index in [4.69, 9.17) is 0 Å². The van der Waals surface area contributed by atoms with Gasteiger partial charge < -0.3 is 4.90 Å². The summed E-state index contributed by atoms with van der Waals surface area (Å²) >= 11 is 0. The second-order valence-electron chi connectivity index (χ2n) is 6.75. The first kappa shape index (κ1) is 16.2. The number of rotatable bonds is 7. The van der Waals surface area contributed by atoms with E-state index >= 15 is 0 Å². The van der Waals surface area contributed by atoms with Gasteiger partial charge in [0.05, 0.1) is 0 Å². The molecule has 0 aliphatic carbocycles. The van der Waals surface area contributed by atoms with Crippen molar-refractivity contribution in [2.75, 3.05) is 20.1 Å². The van der Waals surface area contributed by atoms with Gasteiger partial charge in [-0.3, -0.25) is 4.90 Å². The highest BCUT2D eigenvalue weighted by Gasteiger charge is 2.21. The molecule has 1 aliphatic rings. The molecule has 0 N–H and O–H groups in total. The monoisotopic (exact) mass is 308 g/mol. The van der Waals surface area contributed by atoms with Gasteiger partial charge in [-0.2, -0.15) is 0 Å². The van der Waals surface area contributed by atoms with Crippen LogP contribution in [0.2, 0.25) is 0 Å². The summed E-state index contributed by atoms with van der Waals surface area (Å²) in [5.74, 6) is 0. The second kappa shape index (κ2) is 8.28. The lowest BCUT2D eigenvalue weighted by atomic mass is 10.1. The van der Waals surface area contributed by atoms with Crippen LogP contribution in [0, 0.1) is 0 Å². The number of benzene rings is 2. The van der Waals surface area contributed by atoms with Gasteiger partial charge in [0.25, 0.3) is 0 Å². The van der Waals surface area contributed by atoms with Crippen LogP contribution in [0.25, 0.3) is 0 Å². The molecule has 122 valence electrons. The summed E-state index contributed by atoms with van der Waals surface area (Å²) in [6.07, 6.45) is 4.00. The van der Waals surface area contributed by atoms with Gasteiger partial charge in [0.1, 0.15) is 0 Å². The molecular weight excluding hydrogens is 280 g/mol. The van der Waals surface area contributed by atoms with Crippen LogP contribution in [0.3, 0.4) is 0 Å². The highest BCUT2D eigenvalue weighted by molar-refractivity contribution is 5.17. The lowest BCUT2D eigenvalue weighted by Gasteiger charge is -2.26. The SMILES string of the molecule is CN1CCCC1CCN(Cc1ccccc1)Cc1ccccc1. The molecule has 2 aromatic rings. The molecule has 1 saturated heterocycles. The van der Waals surface area contributed by atoms with Gasteiger partial charge in [0.2, 0.25) is 0 Å². The van der Waals surface area contributed by atoms with E-state index in [0.717, 1.165) is 19.1 Å². The third-order valence-electron chi connectivity index (χ3n) is 4.95. The molecule has 2 nitrogen and oxygen atoms in total. The smallest absolute Gasteiger partial charge is 0.0237 e. The minimum absolute atomic E-state index is 0.768. The molecule has 1 unspecified atom stereocenters. The number of likely N-dealkylation sites (tertiary alicyclic amines) is 1. The van der Waals surface area contributed by atoms with Crippen molar-refractivity contribution in [1.82, 2.24) is 9.80 Å². The molecule has 1 fully saturated rings. The average molecular weight is 308 g/mol. The number of nitrogens with zero attached hydrogens (tertiary/aromatic N) is 2. The quantitative estimate of drug-likeness (QED) is 0.757. The molecule has 2 heteroatoms. The Morgan fingerprint density at radius 1 is 0.913 bits per heavy atom. The van der Waals surface area contributed by atoms with E-state index in [1.807, 2.05) is 0 Å². The minimum Gasteiger partial charge on any atom is -0.303 e. The maximum absolute atomic E-state index is 2.59. The first-order valence-corrected chi connectivity index (χ1v) is 8.82. The molecule has 0 saturated carbocycles. The Labute approximate surface area is 140 Å². The van der Waals surface area contributed by atoms with Crippen molar-refractivity contribution in [2.45, 2.75) is 38.4 Å². The van der Waals surface area contributed by atoms with Crippen LogP contribution in [0.1, 0.15) is 30.4 Å². The van der Waals surface area contributed by atoms with Crippen molar-refractivity contribution >= 4 is 0 Å². The van der Waals surface area contributed by atoms with Crippen molar-refractivity contribution in [2.24, 2.45) is 0 Å². The van der Waals surface area contributed by atoms with Crippen LogP contribution in [-0.2, 0) is 13.1 Å². The Kier molecular flexibility index (Phi) is 5.84. The van der Waals surface area contributed by atoms with Gasteiger partial charge in [-0.05, 0) is 44.0 Å². The third kappa shape index (κ3) is 4.92. The lowest BCUT2D eigenvalue weighted by molar-refractivity contribution is 0.211. The Morgan fingerprint density at radius 3 is 1.96 bits per heavy atom. The van der Waals surface area contributed by atoms with E-state index < -0.39 is 0 Å². The van der Waals surface area contributed by atoms with Gasteiger partial charge in [0, 0.05) is 25.7 Å². The van der Waals surface area contributed by atoms with Crippen LogP contribution in [0.15, 0.2) is 60.7 Å². The van der Waals surface area contributed by atoms with Crippen molar-refractivity contribution in [3.63, 3.8) is 0 Å². The second-order valence-corrected chi connectivity index (χ2v) is 6.75. The maximum atomic E-state index is 2.59. The molecule has 1 atom stereocenters. The molecule has 3 rings (SSSR count). The first-order valence-electron chi connectivity index (χ1n) is 8.82. The number of hydrogen-bond donors (Lipinski definition) is 0. The van der Waals surface area contributed by atoms with Crippen LogP contribution in [0.4, 0.5) is 0 Å². The molecule has 0 radical (unpaired) electrons. The first-order chi connectivity index (χ1) is 11.3. The van der Waals surface area contributed by atoms with Crippen LogP contribution in [-0.4, -0.2) is 36.0 Å². The predicted molar refractivity (Wildman–Crippen MR) is 97.3 cm³/mol. The minimum atomic E-state index is 0.768. The predicted octanol–water partition coefficient (Wildman–Crippen LogP) is 4.17. The van der Waals surface area contributed by atoms with E-state index in [0.29, 0.717) is 0 Å². The van der Waals surface area contributed by atoms with Crippen LogP contribution >= 0.6 is 0 Å². The van der Waals surface area contributed by atoms with Gasteiger partial charge in [-0.1, -0.05) is 60.7 Å². The molecule has 23 heavy (non-hydrogen) atoms. The summed E-state index contributed by atoms with van der Waals surface area (Å²) in [5, 5.41) is 0. The summed E-state index contributed by atoms with van der Waals surface area (Å²) in [4.78, 5) is 5.13. The topological polar surface area (TPSA) is 6.48 Å². The van der Waals surface area contributed by atoms with Crippen molar-refractivity contribution in [3.05, 3.63) is 71.8 Å². The van der Waals surface area contributed by atoms with Gasteiger partial charge in [0.15, 0.2) is 0 Å². The molecule has 0 spiro atoms. The zero-order valence-electron chi connectivity index (χ0n) is 14.2. The summed E-state index contributed by atoms with van der Waals surface area (Å²) in [5.41, 5.74) is 2.81. The molecule has 1 aliphatic heterocycles. The summed E-state index contributed by atoms with van der Waals surface area (Å²) in [7, 11) is 2.27. The van der Waals surface area contributed by atoms with Crippen molar-refractivity contribution in [1.29, 1.82) is 0 Å². The fourth-order valence-electron chi connectivity index (χ4n) is 3.57. The molecule has 0 amide bonds. The Morgan fingerprint density at radius 2 is 1.48 bits per heavy atom. The number of hydrogen-bond acceptors (Lipinski definition) is 2. The van der Waals surface area contributed by atoms with Gasteiger partial charge >= 0.3 is 0 Å². The molecule has 2 aromatic carbocycles. The zero-order chi connectivity index (χ0) is 15.9. The summed E-state index contributed by atoms with van der Waals surface area (Å²) in [6, 6.07) is 22.5. The Balaban J connectivity index is 1.62. The third-order valence-corrected chi connectivity index (χ3v) is 4.95.